The molecule has 0 amide bonds. The predicted octanol–water partition coefficient (Wildman–Crippen LogP) is 2.32. The second kappa shape index (κ2) is 2.60. The second-order valence-corrected chi connectivity index (χ2v) is 3.58. The Labute approximate surface area is 85.4 Å². The van der Waals surface area contributed by atoms with Crippen molar-refractivity contribution in [1.29, 1.82) is 0 Å². The van der Waals surface area contributed by atoms with Crippen LogP contribution in [-0.4, -0.2) is 11.4 Å². The Hall–Kier alpha value is -0.790. The molecule has 1 heterocycles. The van der Waals surface area contributed by atoms with Gasteiger partial charge in [0.05, 0.1) is 3.57 Å². The van der Waals surface area contributed by atoms with Crippen LogP contribution >= 0.6 is 22.6 Å². The van der Waals surface area contributed by atoms with Gasteiger partial charge < -0.3 is 14.6 Å². The van der Waals surface area contributed by atoms with Gasteiger partial charge in [0.15, 0.2) is 11.5 Å². The Bertz CT molecular complexity index is 334. The van der Waals surface area contributed by atoms with E-state index in [0.717, 1.165) is 6.07 Å². The lowest BCUT2D eigenvalue weighted by Crippen LogP contribution is -2.25. The quantitative estimate of drug-likeness (QED) is 0.747. The predicted molar refractivity (Wildman–Crippen MR) is 47.0 cm³/mol. The molecule has 1 aliphatic heterocycles. The van der Waals surface area contributed by atoms with Crippen LogP contribution in [0, 0.1) is 3.57 Å². The third-order valence-corrected chi connectivity index (χ3v) is 2.33. The third kappa shape index (κ3) is 1.50. The molecule has 6 heteroatoms. The number of hydrogen-bond donors (Lipinski definition) is 1. The molecule has 13 heavy (non-hydrogen) atoms. The average molecular weight is 300 g/mol. The number of phenolic OH excluding ortho intramolecular Hbond substituents is 1. The van der Waals surface area contributed by atoms with Crippen molar-refractivity contribution in [1.82, 2.24) is 0 Å². The fraction of sp³-hybridized carbons (Fsp3) is 0.143. The highest BCUT2D eigenvalue weighted by atomic mass is 127. The Morgan fingerprint density at radius 2 is 1.77 bits per heavy atom. The Morgan fingerprint density at radius 1 is 1.23 bits per heavy atom. The first-order valence-electron chi connectivity index (χ1n) is 3.26. The van der Waals surface area contributed by atoms with Crippen LogP contribution in [0.15, 0.2) is 12.1 Å². The fourth-order valence-corrected chi connectivity index (χ4v) is 1.40. The van der Waals surface area contributed by atoms with Crippen LogP contribution in [0.1, 0.15) is 0 Å². The van der Waals surface area contributed by atoms with E-state index in [1.807, 2.05) is 0 Å². The van der Waals surface area contributed by atoms with E-state index in [4.69, 9.17) is 5.11 Å². The Kier molecular flexibility index (Phi) is 1.76. The lowest BCUT2D eigenvalue weighted by Gasteiger charge is -2.04. The number of fused-ring (bicyclic) bond motifs is 1. The number of phenols is 1. The molecule has 1 N–H and O–H groups in total. The molecule has 70 valence electrons. The van der Waals surface area contributed by atoms with Crippen molar-refractivity contribution in [2.75, 3.05) is 0 Å². The highest BCUT2D eigenvalue weighted by Gasteiger charge is 2.43. The van der Waals surface area contributed by atoms with Crippen LogP contribution in [-0.2, 0) is 0 Å². The average Bonchev–Trinajstić information content (AvgIpc) is 2.24. The largest absolute Gasteiger partial charge is 0.586 e. The molecule has 0 radical (unpaired) electrons. The molecule has 1 aliphatic rings. The molecule has 0 aromatic heterocycles. The zero-order chi connectivity index (χ0) is 9.64. The summed E-state index contributed by atoms with van der Waals surface area (Å²) in [6, 6.07) is 2.38. The van der Waals surface area contributed by atoms with Gasteiger partial charge in [-0.3, -0.25) is 0 Å². The molecule has 2 rings (SSSR count). The highest BCUT2D eigenvalue weighted by molar-refractivity contribution is 14.1. The van der Waals surface area contributed by atoms with E-state index in [9.17, 15) is 8.78 Å². The molecule has 0 aliphatic carbocycles. The molecule has 0 bridgehead atoms. The van der Waals surface area contributed by atoms with Gasteiger partial charge in [-0.05, 0) is 22.6 Å². The Balaban J connectivity index is 2.48. The summed E-state index contributed by atoms with van der Waals surface area (Å²) in [7, 11) is 0. The Morgan fingerprint density at radius 3 is 2.38 bits per heavy atom. The number of alkyl halides is 2. The monoisotopic (exact) mass is 300 g/mol. The number of ether oxygens (including phenoxy) is 2. The van der Waals surface area contributed by atoms with Crippen molar-refractivity contribution in [2.45, 2.75) is 6.29 Å². The van der Waals surface area contributed by atoms with Crippen molar-refractivity contribution in [3.05, 3.63) is 15.7 Å². The standard InChI is InChI=1S/C7H3F2IO3/c8-7(9)12-5-1-3(10)4(11)2-6(5)13-7/h1-2,11H. The molecular formula is C7H3F2IO3. The first-order valence-corrected chi connectivity index (χ1v) is 4.34. The van der Waals surface area contributed by atoms with E-state index in [0.29, 0.717) is 3.57 Å². The minimum absolute atomic E-state index is 0.0628. The molecule has 0 atom stereocenters. The van der Waals surface area contributed by atoms with E-state index >= 15 is 0 Å². The number of hydrogen-bond acceptors (Lipinski definition) is 3. The third-order valence-electron chi connectivity index (χ3n) is 1.47. The van der Waals surface area contributed by atoms with E-state index < -0.39 is 6.29 Å². The van der Waals surface area contributed by atoms with Crippen molar-refractivity contribution in [3.8, 4) is 17.2 Å². The van der Waals surface area contributed by atoms with E-state index in [2.05, 4.69) is 9.47 Å². The van der Waals surface area contributed by atoms with Crippen molar-refractivity contribution in [3.63, 3.8) is 0 Å². The lowest BCUT2D eigenvalue weighted by atomic mass is 10.3. The molecule has 1 aromatic rings. The number of aromatic hydroxyl groups is 1. The number of benzene rings is 1. The summed E-state index contributed by atoms with van der Waals surface area (Å²) in [4.78, 5) is 0. The zero-order valence-electron chi connectivity index (χ0n) is 6.05. The molecule has 0 spiro atoms. The molecule has 0 saturated carbocycles. The highest BCUT2D eigenvalue weighted by Crippen LogP contribution is 2.44. The first kappa shape index (κ1) is 8.79. The normalized spacial score (nSPS) is 17.5. The van der Waals surface area contributed by atoms with Crippen LogP contribution in [0.5, 0.6) is 17.2 Å². The van der Waals surface area contributed by atoms with Gasteiger partial charge in [0.2, 0.25) is 0 Å². The van der Waals surface area contributed by atoms with Gasteiger partial charge in [-0.25, -0.2) is 0 Å². The summed E-state index contributed by atoms with van der Waals surface area (Å²) in [5.74, 6) is -0.323. The maximum atomic E-state index is 12.5. The van der Waals surface area contributed by atoms with E-state index in [1.54, 1.807) is 22.6 Å². The van der Waals surface area contributed by atoms with Gasteiger partial charge in [-0.1, -0.05) is 0 Å². The van der Waals surface area contributed by atoms with Crippen LogP contribution in [0.2, 0.25) is 0 Å². The fourth-order valence-electron chi connectivity index (χ4n) is 0.961. The van der Waals surface area contributed by atoms with Crippen molar-refractivity contribution < 1.29 is 23.4 Å². The number of halogens is 3. The van der Waals surface area contributed by atoms with Crippen LogP contribution < -0.4 is 9.47 Å². The topological polar surface area (TPSA) is 38.7 Å². The van der Waals surface area contributed by atoms with Gasteiger partial charge in [0.25, 0.3) is 0 Å². The van der Waals surface area contributed by atoms with Crippen LogP contribution in [0.4, 0.5) is 8.78 Å². The van der Waals surface area contributed by atoms with Gasteiger partial charge in [-0.15, -0.1) is 8.78 Å². The SMILES string of the molecule is Oc1cc2c(cc1I)OC(F)(F)O2. The molecule has 0 unspecified atom stereocenters. The van der Waals surface area contributed by atoms with Crippen LogP contribution in [0.3, 0.4) is 0 Å². The molecule has 0 fully saturated rings. The minimum atomic E-state index is -3.63. The maximum absolute atomic E-state index is 12.5. The van der Waals surface area contributed by atoms with E-state index in [-0.39, 0.29) is 17.2 Å². The maximum Gasteiger partial charge on any atom is 0.586 e. The minimum Gasteiger partial charge on any atom is -0.507 e. The van der Waals surface area contributed by atoms with Gasteiger partial charge >= 0.3 is 6.29 Å². The molecule has 1 aromatic carbocycles. The van der Waals surface area contributed by atoms with Crippen molar-refractivity contribution in [2.24, 2.45) is 0 Å². The molecule has 0 saturated heterocycles. The summed E-state index contributed by atoms with van der Waals surface area (Å²) in [5, 5.41) is 9.17. The van der Waals surface area contributed by atoms with Gasteiger partial charge in [0, 0.05) is 12.1 Å². The van der Waals surface area contributed by atoms with Crippen molar-refractivity contribution >= 4 is 22.6 Å². The summed E-state index contributed by atoms with van der Waals surface area (Å²) in [6.07, 6.45) is -3.63. The molecular weight excluding hydrogens is 297 g/mol. The second-order valence-electron chi connectivity index (χ2n) is 2.42. The smallest absolute Gasteiger partial charge is 0.507 e. The summed E-state index contributed by atoms with van der Waals surface area (Å²) < 4.78 is 33.6. The van der Waals surface area contributed by atoms with E-state index in [1.165, 1.54) is 6.07 Å². The number of rotatable bonds is 0. The van der Waals surface area contributed by atoms with Crippen LogP contribution in [0.25, 0.3) is 0 Å². The zero-order valence-corrected chi connectivity index (χ0v) is 8.21. The molecule has 3 nitrogen and oxygen atoms in total. The summed E-state index contributed by atoms with van der Waals surface area (Å²) in [6.45, 7) is 0. The summed E-state index contributed by atoms with van der Waals surface area (Å²) in [5.41, 5.74) is 0. The summed E-state index contributed by atoms with van der Waals surface area (Å²) >= 11 is 1.80. The first-order chi connectivity index (χ1) is 5.98. The van der Waals surface area contributed by atoms with Gasteiger partial charge in [0.1, 0.15) is 5.75 Å². The van der Waals surface area contributed by atoms with Gasteiger partial charge in [-0.2, -0.15) is 0 Å². The lowest BCUT2D eigenvalue weighted by molar-refractivity contribution is -0.286.